The fraction of sp³-hybridized carbons (Fsp3) is 0.276. The van der Waals surface area contributed by atoms with E-state index >= 15 is 0 Å². The van der Waals surface area contributed by atoms with Crippen molar-refractivity contribution in [2.24, 2.45) is 0 Å². The average Bonchev–Trinajstić information content (AvgIpc) is 3.40. The first-order valence-corrected chi connectivity index (χ1v) is 12.7. The minimum absolute atomic E-state index is 0.0987. The number of rotatable bonds is 2. The summed E-state index contributed by atoms with van der Waals surface area (Å²) in [6, 6.07) is 20.8. The van der Waals surface area contributed by atoms with Crippen LogP contribution in [0.1, 0.15) is 67.6 Å². The van der Waals surface area contributed by atoms with Crippen molar-refractivity contribution in [2.45, 2.75) is 52.1 Å². The van der Waals surface area contributed by atoms with E-state index in [0.29, 0.717) is 6.54 Å². The summed E-state index contributed by atoms with van der Waals surface area (Å²) in [5, 5.41) is 1.30. The molecule has 0 fully saturated rings. The van der Waals surface area contributed by atoms with Gasteiger partial charge >= 0.3 is 0 Å². The van der Waals surface area contributed by atoms with Crippen LogP contribution in [0.2, 0.25) is 0 Å². The van der Waals surface area contributed by atoms with E-state index in [4.69, 9.17) is 0 Å². The molecule has 0 N–H and O–H groups in total. The van der Waals surface area contributed by atoms with Crippen LogP contribution in [0.25, 0.3) is 5.00 Å². The third kappa shape index (κ3) is 3.44. The Morgan fingerprint density at radius 2 is 1.70 bits per heavy atom. The maximum Gasteiger partial charge on any atom is 0.255 e. The molecular formula is C29H28N2OS. The van der Waals surface area contributed by atoms with Gasteiger partial charge in [-0.05, 0) is 74.9 Å². The third-order valence-electron chi connectivity index (χ3n) is 7.06. The summed E-state index contributed by atoms with van der Waals surface area (Å²) in [6.45, 7) is 4.82. The van der Waals surface area contributed by atoms with E-state index < -0.39 is 0 Å². The summed E-state index contributed by atoms with van der Waals surface area (Å²) in [5.41, 5.74) is 8.26. The zero-order valence-corrected chi connectivity index (χ0v) is 20.0. The molecule has 2 aliphatic rings. The van der Waals surface area contributed by atoms with Gasteiger partial charge in [-0.2, -0.15) is 0 Å². The topological polar surface area (TPSA) is 25.2 Å². The van der Waals surface area contributed by atoms with Gasteiger partial charge < -0.3 is 9.47 Å². The minimum Gasteiger partial charge on any atom is -0.322 e. The lowest BCUT2D eigenvalue weighted by molar-refractivity contribution is 0.0690. The molecule has 4 aromatic rings. The molecule has 33 heavy (non-hydrogen) atoms. The molecule has 3 heterocycles. The molecule has 0 radical (unpaired) electrons. The fourth-order valence-corrected chi connectivity index (χ4v) is 6.93. The lowest BCUT2D eigenvalue weighted by atomic mass is 9.94. The first-order chi connectivity index (χ1) is 16.1. The Hall–Kier alpha value is -3.11. The van der Waals surface area contributed by atoms with Gasteiger partial charge in [-0.15, -0.1) is 11.3 Å². The average molecular weight is 453 g/mol. The Kier molecular flexibility index (Phi) is 4.99. The first-order valence-electron chi connectivity index (χ1n) is 11.9. The molecule has 4 heteroatoms. The van der Waals surface area contributed by atoms with E-state index in [2.05, 4.69) is 72.0 Å². The van der Waals surface area contributed by atoms with Gasteiger partial charge in [0.1, 0.15) is 5.00 Å². The molecule has 1 unspecified atom stereocenters. The van der Waals surface area contributed by atoms with Gasteiger partial charge in [0.15, 0.2) is 0 Å². The lowest BCUT2D eigenvalue weighted by Gasteiger charge is -2.32. The molecule has 0 spiro atoms. The Balaban J connectivity index is 1.58. The minimum atomic E-state index is -0.133. The highest BCUT2D eigenvalue weighted by atomic mass is 32.1. The summed E-state index contributed by atoms with van der Waals surface area (Å²) < 4.78 is 2.36. The van der Waals surface area contributed by atoms with E-state index in [1.54, 1.807) is 0 Å². The number of thiophene rings is 1. The van der Waals surface area contributed by atoms with Crippen LogP contribution in [0.4, 0.5) is 0 Å². The SMILES string of the molecule is Cc1cccc(C(=O)N2Cc3c(sc4c3CCCC4)-n3cccc3C2c2cccc(C)c2)c1. The van der Waals surface area contributed by atoms with Crippen LogP contribution >= 0.6 is 11.3 Å². The predicted molar refractivity (Wildman–Crippen MR) is 134 cm³/mol. The van der Waals surface area contributed by atoms with Gasteiger partial charge in [0.2, 0.25) is 0 Å². The summed E-state index contributed by atoms with van der Waals surface area (Å²) in [5.74, 6) is 0.0987. The van der Waals surface area contributed by atoms with Gasteiger partial charge in [0, 0.05) is 22.2 Å². The fourth-order valence-electron chi connectivity index (χ4n) is 5.52. The summed E-state index contributed by atoms with van der Waals surface area (Å²) in [4.78, 5) is 17.8. The number of carbonyl (C=O) groups excluding carboxylic acids is 1. The lowest BCUT2D eigenvalue weighted by Crippen LogP contribution is -2.35. The van der Waals surface area contributed by atoms with Crippen LogP contribution in [-0.2, 0) is 19.4 Å². The van der Waals surface area contributed by atoms with Crippen LogP contribution in [0, 0.1) is 13.8 Å². The Morgan fingerprint density at radius 1 is 0.909 bits per heavy atom. The van der Waals surface area contributed by atoms with E-state index in [-0.39, 0.29) is 11.9 Å². The van der Waals surface area contributed by atoms with Crippen LogP contribution in [-0.4, -0.2) is 15.4 Å². The molecule has 3 nitrogen and oxygen atoms in total. The van der Waals surface area contributed by atoms with Crippen molar-refractivity contribution < 1.29 is 4.79 Å². The van der Waals surface area contributed by atoms with Crippen molar-refractivity contribution in [3.63, 3.8) is 0 Å². The smallest absolute Gasteiger partial charge is 0.255 e. The normalized spacial score (nSPS) is 17.2. The number of hydrogen-bond donors (Lipinski definition) is 0. The van der Waals surface area contributed by atoms with Crippen LogP contribution < -0.4 is 0 Å². The van der Waals surface area contributed by atoms with Crippen molar-refractivity contribution in [3.05, 3.63) is 111 Å². The Bertz CT molecular complexity index is 1360. The number of amides is 1. The number of fused-ring (bicyclic) bond motifs is 5. The summed E-state index contributed by atoms with van der Waals surface area (Å²) >= 11 is 1.94. The number of benzene rings is 2. The van der Waals surface area contributed by atoms with Crippen LogP contribution in [0.3, 0.4) is 0 Å². The molecule has 1 aliphatic heterocycles. The third-order valence-corrected chi connectivity index (χ3v) is 8.40. The van der Waals surface area contributed by atoms with Gasteiger partial charge in [-0.1, -0.05) is 47.5 Å². The number of nitrogens with zero attached hydrogens (tertiary/aromatic N) is 2. The second kappa shape index (κ2) is 8.03. The van der Waals surface area contributed by atoms with Crippen molar-refractivity contribution in [1.29, 1.82) is 0 Å². The standard InChI is InChI=1S/C29H28N2OS/c1-19-8-5-10-21(16-19)27-25-13-7-15-30(25)29-24(23-12-3-4-14-26(23)33-29)18-31(27)28(32)22-11-6-9-20(2)17-22/h5-11,13,15-17,27H,3-4,12,14,18H2,1-2H3. The number of hydrogen-bond acceptors (Lipinski definition) is 2. The first kappa shape index (κ1) is 20.5. The molecule has 0 saturated heterocycles. The predicted octanol–water partition coefficient (Wildman–Crippen LogP) is 6.78. The molecule has 0 saturated carbocycles. The molecule has 2 aromatic carbocycles. The van der Waals surface area contributed by atoms with Gasteiger partial charge in [-0.25, -0.2) is 0 Å². The molecule has 2 aromatic heterocycles. The Labute approximate surface area is 199 Å². The quantitative estimate of drug-likeness (QED) is 0.329. The van der Waals surface area contributed by atoms with Crippen LogP contribution in [0.15, 0.2) is 66.9 Å². The summed E-state index contributed by atoms with van der Waals surface area (Å²) in [7, 11) is 0. The molecular weight excluding hydrogens is 424 g/mol. The largest absolute Gasteiger partial charge is 0.322 e. The molecule has 1 aliphatic carbocycles. The van der Waals surface area contributed by atoms with Crippen molar-refractivity contribution in [1.82, 2.24) is 9.47 Å². The van der Waals surface area contributed by atoms with Crippen molar-refractivity contribution in [2.75, 3.05) is 0 Å². The number of aromatic nitrogens is 1. The number of carbonyl (C=O) groups is 1. The highest BCUT2D eigenvalue weighted by Crippen LogP contribution is 2.44. The molecule has 1 amide bonds. The van der Waals surface area contributed by atoms with Gasteiger partial charge in [0.05, 0.1) is 18.3 Å². The zero-order valence-electron chi connectivity index (χ0n) is 19.2. The van der Waals surface area contributed by atoms with E-state index in [1.807, 2.05) is 29.5 Å². The van der Waals surface area contributed by atoms with Gasteiger partial charge in [0.25, 0.3) is 5.91 Å². The van der Waals surface area contributed by atoms with E-state index in [0.717, 1.165) is 24.0 Å². The number of aryl methyl sites for hydroxylation is 3. The van der Waals surface area contributed by atoms with E-state index in [1.165, 1.54) is 50.7 Å². The highest BCUT2D eigenvalue weighted by molar-refractivity contribution is 7.15. The molecule has 166 valence electrons. The highest BCUT2D eigenvalue weighted by Gasteiger charge is 2.36. The van der Waals surface area contributed by atoms with Crippen LogP contribution in [0.5, 0.6) is 0 Å². The maximum atomic E-state index is 14.1. The zero-order chi connectivity index (χ0) is 22.5. The van der Waals surface area contributed by atoms with Crippen molar-refractivity contribution in [3.8, 4) is 5.00 Å². The second-order valence-electron chi connectivity index (χ2n) is 9.42. The van der Waals surface area contributed by atoms with Gasteiger partial charge in [-0.3, -0.25) is 4.79 Å². The molecule has 6 rings (SSSR count). The molecule has 1 atom stereocenters. The molecule has 0 bridgehead atoms. The van der Waals surface area contributed by atoms with Crippen molar-refractivity contribution >= 4 is 17.2 Å². The summed E-state index contributed by atoms with van der Waals surface area (Å²) in [6.07, 6.45) is 6.97. The maximum absolute atomic E-state index is 14.1. The van der Waals surface area contributed by atoms with E-state index in [9.17, 15) is 4.79 Å². The monoisotopic (exact) mass is 452 g/mol. The second-order valence-corrected chi connectivity index (χ2v) is 10.5. The Morgan fingerprint density at radius 3 is 2.52 bits per heavy atom.